The Morgan fingerprint density at radius 2 is 2.37 bits per heavy atom. The Balaban J connectivity index is 1.73. The van der Waals surface area contributed by atoms with Crippen LogP contribution in [-0.4, -0.2) is 37.7 Å². The van der Waals surface area contributed by atoms with Crippen LogP contribution >= 0.6 is 0 Å². The van der Waals surface area contributed by atoms with Crippen molar-refractivity contribution >= 4 is 0 Å². The van der Waals surface area contributed by atoms with Gasteiger partial charge in [0.15, 0.2) is 0 Å². The molecule has 19 heavy (non-hydrogen) atoms. The average molecular weight is 258 g/mol. The lowest BCUT2D eigenvalue weighted by molar-refractivity contribution is 0.179. The summed E-state index contributed by atoms with van der Waals surface area (Å²) in [6, 6.07) is 0. The highest BCUT2D eigenvalue weighted by molar-refractivity contribution is 5.44. The fraction of sp³-hybridized carbons (Fsp3) is 0.625. The van der Waals surface area contributed by atoms with Gasteiger partial charge in [-0.25, -0.2) is 0 Å². The summed E-state index contributed by atoms with van der Waals surface area (Å²) in [4.78, 5) is 2.46. The van der Waals surface area contributed by atoms with Crippen LogP contribution in [-0.2, 0) is 4.74 Å². The summed E-state index contributed by atoms with van der Waals surface area (Å²) in [5.74, 6) is 1.33. The lowest BCUT2D eigenvalue weighted by Crippen LogP contribution is -2.30. The van der Waals surface area contributed by atoms with Gasteiger partial charge in [-0.05, 0) is 36.3 Å². The lowest BCUT2D eigenvalue weighted by Gasteiger charge is -2.37. The number of allylic oxidation sites excluding steroid dienone is 3. The highest BCUT2D eigenvalue weighted by Crippen LogP contribution is 2.41. The monoisotopic (exact) mass is 258 g/mol. The van der Waals surface area contributed by atoms with E-state index < -0.39 is 0 Å². The Morgan fingerprint density at radius 3 is 3.26 bits per heavy atom. The fourth-order valence-electron chi connectivity index (χ4n) is 3.95. The first kappa shape index (κ1) is 11.7. The van der Waals surface area contributed by atoms with Crippen LogP contribution in [0.1, 0.15) is 19.3 Å². The van der Waals surface area contributed by atoms with Gasteiger partial charge < -0.3 is 15.0 Å². The van der Waals surface area contributed by atoms with E-state index in [1.165, 1.54) is 30.5 Å². The second kappa shape index (κ2) is 4.80. The SMILES string of the molecule is C1=CN2CCNCC3=CCCC(=C32)C1C1CCOC1. The quantitative estimate of drug-likeness (QED) is 0.779. The molecular formula is C16H22N2O. The number of nitrogens with zero attached hydrogens (tertiary/aromatic N) is 1. The van der Waals surface area contributed by atoms with Crippen LogP contribution in [0.25, 0.3) is 0 Å². The van der Waals surface area contributed by atoms with E-state index in [1.54, 1.807) is 5.57 Å². The maximum Gasteiger partial charge on any atom is 0.0503 e. The largest absolute Gasteiger partial charge is 0.381 e. The van der Waals surface area contributed by atoms with Crippen molar-refractivity contribution < 1.29 is 4.74 Å². The third kappa shape index (κ3) is 1.96. The summed E-state index contributed by atoms with van der Waals surface area (Å²) in [5, 5.41) is 3.54. The van der Waals surface area contributed by atoms with Crippen LogP contribution in [0.15, 0.2) is 35.2 Å². The molecule has 0 aromatic carbocycles. The molecule has 0 bridgehead atoms. The summed E-state index contributed by atoms with van der Waals surface area (Å²) in [6.07, 6.45) is 10.9. The molecule has 3 nitrogen and oxygen atoms in total. The van der Waals surface area contributed by atoms with E-state index in [0.29, 0.717) is 11.8 Å². The fourth-order valence-corrected chi connectivity index (χ4v) is 3.95. The predicted molar refractivity (Wildman–Crippen MR) is 75.5 cm³/mol. The minimum absolute atomic E-state index is 0.621. The minimum Gasteiger partial charge on any atom is -0.381 e. The Hall–Kier alpha value is -1.06. The maximum atomic E-state index is 5.61. The van der Waals surface area contributed by atoms with Crippen molar-refractivity contribution in [2.24, 2.45) is 11.8 Å². The molecule has 2 fully saturated rings. The lowest BCUT2D eigenvalue weighted by atomic mass is 9.77. The molecule has 0 aromatic heterocycles. The molecule has 2 atom stereocenters. The van der Waals surface area contributed by atoms with E-state index in [-0.39, 0.29) is 0 Å². The molecule has 4 rings (SSSR count). The Bertz CT molecular complexity index is 457. The second-order valence-corrected chi connectivity index (χ2v) is 6.00. The third-order valence-corrected chi connectivity index (χ3v) is 4.89. The van der Waals surface area contributed by atoms with Crippen LogP contribution in [0.2, 0.25) is 0 Å². The standard InChI is InChI=1S/C16H22N2O/c1-2-12-10-17-6-8-18-7-4-14(13-5-9-19-11-13)15(3-1)16(12)18/h2,4,7,13-14,17H,1,3,5-6,8-11H2. The predicted octanol–water partition coefficient (Wildman–Crippen LogP) is 2.05. The van der Waals surface area contributed by atoms with Gasteiger partial charge in [-0.1, -0.05) is 12.2 Å². The van der Waals surface area contributed by atoms with E-state index in [2.05, 4.69) is 28.6 Å². The first-order chi connectivity index (χ1) is 9.43. The Labute approximate surface area is 115 Å². The zero-order valence-electron chi connectivity index (χ0n) is 11.4. The van der Waals surface area contributed by atoms with E-state index in [1.807, 2.05) is 0 Å². The van der Waals surface area contributed by atoms with Crippen LogP contribution in [0.4, 0.5) is 0 Å². The number of ether oxygens (including phenoxy) is 1. The molecule has 4 aliphatic rings. The van der Waals surface area contributed by atoms with Gasteiger partial charge in [0.05, 0.1) is 6.61 Å². The minimum atomic E-state index is 0.621. The van der Waals surface area contributed by atoms with Gasteiger partial charge in [0.2, 0.25) is 0 Å². The smallest absolute Gasteiger partial charge is 0.0503 e. The Kier molecular flexibility index (Phi) is 2.97. The molecule has 0 spiro atoms. The number of rotatable bonds is 1. The van der Waals surface area contributed by atoms with Crippen molar-refractivity contribution in [3.63, 3.8) is 0 Å². The van der Waals surface area contributed by atoms with Crippen molar-refractivity contribution in [3.05, 3.63) is 35.2 Å². The zero-order valence-corrected chi connectivity index (χ0v) is 11.4. The number of nitrogens with one attached hydrogen (secondary N) is 1. The van der Waals surface area contributed by atoms with Crippen molar-refractivity contribution in [2.75, 3.05) is 32.8 Å². The normalized spacial score (nSPS) is 34.1. The van der Waals surface area contributed by atoms with E-state index >= 15 is 0 Å². The molecule has 3 heteroatoms. The molecule has 2 unspecified atom stereocenters. The van der Waals surface area contributed by atoms with Crippen LogP contribution in [0.5, 0.6) is 0 Å². The molecule has 2 saturated heterocycles. The second-order valence-electron chi connectivity index (χ2n) is 6.00. The van der Waals surface area contributed by atoms with Crippen molar-refractivity contribution in [1.29, 1.82) is 0 Å². The maximum absolute atomic E-state index is 5.61. The van der Waals surface area contributed by atoms with Gasteiger partial charge in [-0.2, -0.15) is 0 Å². The topological polar surface area (TPSA) is 24.5 Å². The molecule has 102 valence electrons. The summed E-state index contributed by atoms with van der Waals surface area (Å²) < 4.78 is 5.61. The van der Waals surface area contributed by atoms with Crippen molar-refractivity contribution in [2.45, 2.75) is 19.3 Å². The highest BCUT2D eigenvalue weighted by atomic mass is 16.5. The van der Waals surface area contributed by atoms with Gasteiger partial charge >= 0.3 is 0 Å². The van der Waals surface area contributed by atoms with Crippen molar-refractivity contribution in [3.8, 4) is 0 Å². The molecule has 0 aromatic rings. The molecule has 3 aliphatic heterocycles. The van der Waals surface area contributed by atoms with E-state index in [9.17, 15) is 0 Å². The first-order valence-electron chi connectivity index (χ1n) is 7.59. The van der Waals surface area contributed by atoms with Gasteiger partial charge in [-0.15, -0.1) is 0 Å². The molecule has 1 aliphatic carbocycles. The van der Waals surface area contributed by atoms with Gasteiger partial charge in [0.25, 0.3) is 0 Å². The summed E-state index contributed by atoms with van der Waals surface area (Å²) in [7, 11) is 0. The van der Waals surface area contributed by atoms with Crippen LogP contribution in [0, 0.1) is 11.8 Å². The van der Waals surface area contributed by atoms with E-state index in [4.69, 9.17) is 4.74 Å². The molecule has 1 N–H and O–H groups in total. The summed E-state index contributed by atoms with van der Waals surface area (Å²) >= 11 is 0. The van der Waals surface area contributed by atoms with Crippen LogP contribution in [0.3, 0.4) is 0 Å². The molecule has 0 radical (unpaired) electrons. The van der Waals surface area contributed by atoms with Gasteiger partial charge in [-0.3, -0.25) is 0 Å². The molecule has 0 amide bonds. The number of hydrogen-bond acceptors (Lipinski definition) is 3. The number of hydrogen-bond donors (Lipinski definition) is 1. The van der Waals surface area contributed by atoms with Gasteiger partial charge in [0.1, 0.15) is 0 Å². The summed E-state index contributed by atoms with van der Waals surface area (Å²) in [5.41, 5.74) is 4.74. The zero-order chi connectivity index (χ0) is 12.7. The van der Waals surface area contributed by atoms with Crippen molar-refractivity contribution in [1.82, 2.24) is 10.2 Å². The Morgan fingerprint density at radius 1 is 1.37 bits per heavy atom. The highest BCUT2D eigenvalue weighted by Gasteiger charge is 2.34. The average Bonchev–Trinajstić information content (AvgIpc) is 2.89. The summed E-state index contributed by atoms with van der Waals surface area (Å²) in [6.45, 7) is 5.11. The first-order valence-corrected chi connectivity index (χ1v) is 7.59. The van der Waals surface area contributed by atoms with E-state index in [0.717, 1.165) is 32.8 Å². The van der Waals surface area contributed by atoms with Crippen LogP contribution < -0.4 is 5.32 Å². The third-order valence-electron chi connectivity index (χ3n) is 4.89. The van der Waals surface area contributed by atoms with Gasteiger partial charge in [0, 0.05) is 44.1 Å². The molecular weight excluding hydrogens is 236 g/mol. The molecule has 0 saturated carbocycles. The molecule has 3 heterocycles.